The standard InChI is InChI=1S/C11H17N5OS/c1-3-16(4-2)5-8(12)10-14-11(17-15-10)9-6-18-7-13-9/h6-8H,3-5,12H2,1-2H3. The fraction of sp³-hybridized carbons (Fsp3) is 0.545. The highest BCUT2D eigenvalue weighted by atomic mass is 32.1. The third-order valence-electron chi connectivity index (χ3n) is 2.77. The lowest BCUT2D eigenvalue weighted by molar-refractivity contribution is 0.278. The van der Waals surface area contributed by atoms with E-state index in [4.69, 9.17) is 10.3 Å². The van der Waals surface area contributed by atoms with Crippen molar-refractivity contribution in [3.8, 4) is 11.6 Å². The van der Waals surface area contributed by atoms with Gasteiger partial charge in [-0.2, -0.15) is 4.98 Å². The van der Waals surface area contributed by atoms with Crippen LogP contribution in [0.5, 0.6) is 0 Å². The number of hydrogen-bond donors (Lipinski definition) is 1. The number of rotatable bonds is 6. The molecule has 2 N–H and O–H groups in total. The quantitative estimate of drug-likeness (QED) is 0.855. The highest BCUT2D eigenvalue weighted by Crippen LogP contribution is 2.18. The van der Waals surface area contributed by atoms with Gasteiger partial charge in [0.1, 0.15) is 5.69 Å². The molecule has 0 bridgehead atoms. The Morgan fingerprint density at radius 3 is 2.83 bits per heavy atom. The number of thiazole rings is 1. The summed E-state index contributed by atoms with van der Waals surface area (Å²) in [5, 5.41) is 5.79. The second-order valence-corrected chi connectivity index (χ2v) is 4.64. The van der Waals surface area contributed by atoms with Crippen LogP contribution in [-0.4, -0.2) is 39.7 Å². The minimum atomic E-state index is -0.235. The molecule has 0 spiro atoms. The summed E-state index contributed by atoms with van der Waals surface area (Å²) < 4.78 is 5.16. The Bertz CT molecular complexity index is 465. The topological polar surface area (TPSA) is 81.1 Å². The molecule has 2 heterocycles. The zero-order chi connectivity index (χ0) is 13.0. The van der Waals surface area contributed by atoms with E-state index in [0.29, 0.717) is 17.4 Å². The molecular formula is C11H17N5OS. The Morgan fingerprint density at radius 1 is 1.44 bits per heavy atom. The first-order chi connectivity index (χ1) is 8.74. The second kappa shape index (κ2) is 6.03. The zero-order valence-electron chi connectivity index (χ0n) is 10.5. The lowest BCUT2D eigenvalue weighted by atomic mass is 10.2. The molecule has 0 saturated heterocycles. The van der Waals surface area contributed by atoms with Gasteiger partial charge in [-0.3, -0.25) is 0 Å². The lowest BCUT2D eigenvalue weighted by Crippen LogP contribution is -2.32. The maximum atomic E-state index is 6.07. The van der Waals surface area contributed by atoms with Crippen LogP contribution in [-0.2, 0) is 0 Å². The van der Waals surface area contributed by atoms with Gasteiger partial charge < -0.3 is 15.2 Å². The number of hydrogen-bond acceptors (Lipinski definition) is 7. The minimum Gasteiger partial charge on any atom is -0.332 e. The van der Waals surface area contributed by atoms with E-state index in [1.165, 1.54) is 11.3 Å². The molecule has 1 atom stereocenters. The van der Waals surface area contributed by atoms with Crippen LogP contribution in [0.4, 0.5) is 0 Å². The first-order valence-corrected chi connectivity index (χ1v) is 6.89. The van der Waals surface area contributed by atoms with E-state index in [1.54, 1.807) is 5.51 Å². The molecule has 6 nitrogen and oxygen atoms in total. The third-order valence-corrected chi connectivity index (χ3v) is 3.36. The molecular weight excluding hydrogens is 250 g/mol. The average molecular weight is 267 g/mol. The highest BCUT2D eigenvalue weighted by molar-refractivity contribution is 7.07. The van der Waals surface area contributed by atoms with E-state index in [2.05, 4.69) is 33.9 Å². The van der Waals surface area contributed by atoms with Gasteiger partial charge in [0.2, 0.25) is 0 Å². The molecule has 98 valence electrons. The summed E-state index contributed by atoms with van der Waals surface area (Å²) in [4.78, 5) is 10.6. The summed E-state index contributed by atoms with van der Waals surface area (Å²) in [6.45, 7) is 6.85. The van der Waals surface area contributed by atoms with Gasteiger partial charge in [0, 0.05) is 11.9 Å². The van der Waals surface area contributed by atoms with Crippen molar-refractivity contribution in [3.05, 3.63) is 16.7 Å². The summed E-state index contributed by atoms with van der Waals surface area (Å²) in [6, 6.07) is -0.235. The minimum absolute atomic E-state index is 0.235. The van der Waals surface area contributed by atoms with Crippen molar-refractivity contribution >= 4 is 11.3 Å². The van der Waals surface area contributed by atoms with Gasteiger partial charge in [0.15, 0.2) is 5.82 Å². The molecule has 7 heteroatoms. The number of aromatic nitrogens is 3. The van der Waals surface area contributed by atoms with Gasteiger partial charge in [-0.25, -0.2) is 4.98 Å². The predicted octanol–water partition coefficient (Wildman–Crippen LogP) is 1.53. The Hall–Kier alpha value is -1.31. The van der Waals surface area contributed by atoms with Crippen LogP contribution in [0.15, 0.2) is 15.4 Å². The Morgan fingerprint density at radius 2 is 2.22 bits per heavy atom. The molecule has 0 aliphatic rings. The van der Waals surface area contributed by atoms with E-state index in [0.717, 1.165) is 19.6 Å². The molecule has 0 aromatic carbocycles. The first-order valence-electron chi connectivity index (χ1n) is 5.94. The Balaban J connectivity index is 2.05. The fourth-order valence-corrected chi connectivity index (χ4v) is 2.18. The van der Waals surface area contributed by atoms with Crippen LogP contribution in [0.3, 0.4) is 0 Å². The van der Waals surface area contributed by atoms with Crippen molar-refractivity contribution in [2.24, 2.45) is 5.73 Å². The van der Waals surface area contributed by atoms with Gasteiger partial charge >= 0.3 is 0 Å². The van der Waals surface area contributed by atoms with Crippen LogP contribution in [0.25, 0.3) is 11.6 Å². The van der Waals surface area contributed by atoms with E-state index in [-0.39, 0.29) is 6.04 Å². The number of nitrogens with two attached hydrogens (primary N) is 1. The van der Waals surface area contributed by atoms with E-state index < -0.39 is 0 Å². The first kappa shape index (κ1) is 13.1. The summed E-state index contributed by atoms with van der Waals surface area (Å²) >= 11 is 1.49. The van der Waals surface area contributed by atoms with E-state index >= 15 is 0 Å². The van der Waals surface area contributed by atoms with Crippen molar-refractivity contribution in [1.82, 2.24) is 20.0 Å². The molecule has 18 heavy (non-hydrogen) atoms. The second-order valence-electron chi connectivity index (χ2n) is 3.92. The van der Waals surface area contributed by atoms with Crippen molar-refractivity contribution in [2.75, 3.05) is 19.6 Å². The molecule has 2 aromatic heterocycles. The van der Waals surface area contributed by atoms with Gasteiger partial charge in [-0.15, -0.1) is 11.3 Å². The van der Waals surface area contributed by atoms with Gasteiger partial charge in [0.05, 0.1) is 11.6 Å². The van der Waals surface area contributed by atoms with Crippen LogP contribution in [0, 0.1) is 0 Å². The highest BCUT2D eigenvalue weighted by Gasteiger charge is 2.17. The molecule has 0 aliphatic heterocycles. The molecule has 2 aromatic rings. The van der Waals surface area contributed by atoms with E-state index in [9.17, 15) is 0 Å². The number of nitrogens with zero attached hydrogens (tertiary/aromatic N) is 4. The van der Waals surface area contributed by atoms with Crippen molar-refractivity contribution in [1.29, 1.82) is 0 Å². The summed E-state index contributed by atoms with van der Waals surface area (Å²) in [5.41, 5.74) is 8.50. The van der Waals surface area contributed by atoms with Crippen LogP contribution in [0.2, 0.25) is 0 Å². The molecule has 0 aliphatic carbocycles. The van der Waals surface area contributed by atoms with Crippen molar-refractivity contribution in [2.45, 2.75) is 19.9 Å². The normalized spacial score (nSPS) is 13.1. The predicted molar refractivity (Wildman–Crippen MR) is 70.1 cm³/mol. The number of likely N-dealkylation sites (N-methyl/N-ethyl adjacent to an activating group) is 1. The maximum Gasteiger partial charge on any atom is 0.277 e. The third kappa shape index (κ3) is 2.92. The summed E-state index contributed by atoms with van der Waals surface area (Å²) in [6.07, 6.45) is 0. The van der Waals surface area contributed by atoms with Crippen molar-refractivity contribution in [3.63, 3.8) is 0 Å². The Labute approximate surface area is 110 Å². The average Bonchev–Trinajstić information content (AvgIpc) is 3.04. The molecule has 0 fully saturated rings. The van der Waals surface area contributed by atoms with E-state index in [1.807, 2.05) is 5.38 Å². The molecule has 0 radical (unpaired) electrons. The molecule has 1 unspecified atom stereocenters. The maximum absolute atomic E-state index is 6.07. The summed E-state index contributed by atoms with van der Waals surface area (Å²) in [7, 11) is 0. The lowest BCUT2D eigenvalue weighted by Gasteiger charge is -2.20. The van der Waals surface area contributed by atoms with Gasteiger partial charge in [-0.1, -0.05) is 19.0 Å². The fourth-order valence-electron chi connectivity index (χ4n) is 1.65. The van der Waals surface area contributed by atoms with Crippen molar-refractivity contribution < 1.29 is 4.52 Å². The van der Waals surface area contributed by atoms with Gasteiger partial charge in [-0.05, 0) is 13.1 Å². The zero-order valence-corrected chi connectivity index (χ0v) is 11.4. The molecule has 0 amide bonds. The Kier molecular flexibility index (Phi) is 4.40. The monoisotopic (exact) mass is 267 g/mol. The largest absolute Gasteiger partial charge is 0.332 e. The SMILES string of the molecule is CCN(CC)CC(N)c1noc(-c2cscn2)n1. The summed E-state index contributed by atoms with van der Waals surface area (Å²) in [5.74, 6) is 0.964. The van der Waals surface area contributed by atoms with Crippen LogP contribution >= 0.6 is 11.3 Å². The van der Waals surface area contributed by atoms with Crippen LogP contribution < -0.4 is 5.73 Å². The van der Waals surface area contributed by atoms with Crippen LogP contribution in [0.1, 0.15) is 25.7 Å². The smallest absolute Gasteiger partial charge is 0.277 e. The van der Waals surface area contributed by atoms with Gasteiger partial charge in [0.25, 0.3) is 5.89 Å². The molecule has 2 rings (SSSR count). The molecule has 0 saturated carbocycles.